The van der Waals surface area contributed by atoms with E-state index in [1.807, 2.05) is 18.2 Å². The van der Waals surface area contributed by atoms with Gasteiger partial charge in [-0.2, -0.15) is 0 Å². The molecule has 0 aliphatic carbocycles. The molecule has 0 fully saturated rings. The highest BCUT2D eigenvalue weighted by Crippen LogP contribution is 2.16. The van der Waals surface area contributed by atoms with E-state index in [1.54, 1.807) is 6.08 Å². The quantitative estimate of drug-likeness (QED) is 0.0230. The van der Waals surface area contributed by atoms with Gasteiger partial charge in [-0.1, -0.05) is 172 Å². The Hall–Kier alpha value is -2.47. The molecule has 6 nitrogen and oxygen atoms in total. The number of hydrogen-bond acceptors (Lipinski definition) is 6. The minimum atomic E-state index is -1.00. The number of aliphatic hydroxyl groups excluding tert-OH is 1. The van der Waals surface area contributed by atoms with Crippen LogP contribution in [-0.2, 0) is 23.9 Å². The summed E-state index contributed by atoms with van der Waals surface area (Å²) in [5, 5.41) is 10.0. The maximum absolute atomic E-state index is 12.0. The smallest absolute Gasteiger partial charge is 0.305 e. The summed E-state index contributed by atoms with van der Waals surface area (Å²) >= 11 is 0. The average Bonchev–Trinajstić information content (AvgIpc) is 3.11. The summed E-state index contributed by atoms with van der Waals surface area (Å²) in [7, 11) is 0. The van der Waals surface area contributed by atoms with Crippen molar-refractivity contribution < 1.29 is 29.0 Å². The maximum Gasteiger partial charge on any atom is 0.305 e. The second-order valence-corrected chi connectivity index (χ2v) is 14.0. The number of rotatable bonds is 36. The Morgan fingerprint density at radius 2 is 1.04 bits per heavy atom. The van der Waals surface area contributed by atoms with Gasteiger partial charge in [0.25, 0.3) is 0 Å². The lowest BCUT2D eigenvalue weighted by Gasteiger charge is -2.12. The Bertz CT molecular complexity index is 917. The van der Waals surface area contributed by atoms with Crippen molar-refractivity contribution in [1.29, 1.82) is 0 Å². The first kappa shape index (κ1) is 47.5. The lowest BCUT2D eigenvalue weighted by atomic mass is 9.99. The van der Waals surface area contributed by atoms with Crippen molar-refractivity contribution in [3.8, 4) is 0 Å². The Morgan fingerprint density at radius 1 is 0.560 bits per heavy atom. The van der Waals surface area contributed by atoms with Gasteiger partial charge in [-0.3, -0.25) is 14.4 Å². The molecular weight excluding hydrogens is 624 g/mol. The van der Waals surface area contributed by atoms with Crippen LogP contribution in [0.25, 0.3) is 0 Å². The fraction of sp³-hybridized carbons (Fsp3) is 0.750. The average molecular weight is 701 g/mol. The van der Waals surface area contributed by atoms with Crippen molar-refractivity contribution >= 4 is 17.7 Å². The third kappa shape index (κ3) is 36.8. The zero-order valence-electron chi connectivity index (χ0n) is 32.6. The Morgan fingerprint density at radius 3 is 1.60 bits per heavy atom. The molecule has 1 N–H and O–H groups in total. The van der Waals surface area contributed by atoms with Crippen LogP contribution in [0.5, 0.6) is 0 Å². The first-order valence-electron chi connectivity index (χ1n) is 20.5. The van der Waals surface area contributed by atoms with Crippen molar-refractivity contribution in [1.82, 2.24) is 0 Å². The zero-order chi connectivity index (χ0) is 36.8. The van der Waals surface area contributed by atoms with Gasteiger partial charge in [-0.25, -0.2) is 0 Å². The number of aliphatic hydroxyl groups is 1. The Balaban J connectivity index is 3.56. The summed E-state index contributed by atoms with van der Waals surface area (Å²) in [5.74, 6) is 0.424. The summed E-state index contributed by atoms with van der Waals surface area (Å²) in [6.07, 6.45) is 42.9. The van der Waals surface area contributed by atoms with Crippen LogP contribution in [0.15, 0.2) is 48.6 Å². The van der Waals surface area contributed by atoms with Gasteiger partial charge in [0.1, 0.15) is 19.3 Å². The van der Waals surface area contributed by atoms with E-state index in [2.05, 4.69) is 45.1 Å². The van der Waals surface area contributed by atoms with Gasteiger partial charge in [0.2, 0.25) is 0 Å². The molecule has 0 radical (unpaired) electrons. The molecule has 0 bridgehead atoms. The SMILES string of the molecule is CCCCCC(=O)/C=C/C=C\C/C=C\C/C=C\CCCC(=O)OC[C@@H](O)COC(=O)CCCCCCCCCCCCCCCCC(C)CC. The fourth-order valence-corrected chi connectivity index (χ4v) is 5.54. The number of allylic oxidation sites excluding steroid dienone is 8. The number of esters is 2. The normalized spacial score (nSPS) is 13.2. The third-order valence-electron chi connectivity index (χ3n) is 9.08. The molecule has 6 heteroatoms. The van der Waals surface area contributed by atoms with Crippen molar-refractivity contribution in [2.75, 3.05) is 13.2 Å². The number of unbranched alkanes of at least 4 members (excludes halogenated alkanes) is 16. The summed E-state index contributed by atoms with van der Waals surface area (Å²) in [6.45, 7) is 6.48. The molecule has 0 spiro atoms. The summed E-state index contributed by atoms with van der Waals surface area (Å²) < 4.78 is 10.3. The van der Waals surface area contributed by atoms with Crippen molar-refractivity contribution in [2.24, 2.45) is 5.92 Å². The van der Waals surface area contributed by atoms with Crippen LogP contribution >= 0.6 is 0 Å². The summed E-state index contributed by atoms with van der Waals surface area (Å²) in [6, 6.07) is 0. The molecule has 50 heavy (non-hydrogen) atoms. The van der Waals surface area contributed by atoms with Crippen LogP contribution in [0, 0.1) is 5.92 Å². The van der Waals surface area contributed by atoms with E-state index in [9.17, 15) is 19.5 Å². The van der Waals surface area contributed by atoms with Crippen LogP contribution in [-0.4, -0.2) is 42.1 Å². The molecule has 0 amide bonds. The number of hydrogen-bond donors (Lipinski definition) is 1. The predicted molar refractivity (Wildman–Crippen MR) is 210 cm³/mol. The van der Waals surface area contributed by atoms with Crippen LogP contribution in [0.1, 0.15) is 188 Å². The fourth-order valence-electron chi connectivity index (χ4n) is 5.54. The van der Waals surface area contributed by atoms with Crippen molar-refractivity contribution in [3.05, 3.63) is 48.6 Å². The molecule has 0 aliphatic rings. The molecule has 0 aromatic rings. The standard InChI is InChI=1S/C44H76O6/c1-4-6-28-34-41(45)35-30-25-21-17-13-11-15-19-23-27-32-37-44(48)50-39-42(46)38-49-43(47)36-31-26-22-18-14-10-8-7-9-12-16-20-24-29-33-40(3)5-2/h11,13,19,21,23,25,30,35,40,42,46H,4-10,12,14-18,20,22,24,26-29,31-34,36-39H2,1-3H3/b13-11-,23-19-,25-21-,35-30+/t40?,42-/m0/s1. The van der Waals surface area contributed by atoms with Crippen LogP contribution in [0.4, 0.5) is 0 Å². The van der Waals surface area contributed by atoms with Gasteiger partial charge in [-0.05, 0) is 50.5 Å². The van der Waals surface area contributed by atoms with E-state index in [4.69, 9.17) is 9.47 Å². The first-order valence-corrected chi connectivity index (χ1v) is 20.5. The second kappa shape index (κ2) is 37.8. The van der Waals surface area contributed by atoms with Crippen LogP contribution in [0.3, 0.4) is 0 Å². The number of ether oxygens (including phenoxy) is 2. The second-order valence-electron chi connectivity index (χ2n) is 14.0. The number of carbonyl (C=O) groups excluding carboxylic acids is 3. The lowest BCUT2D eigenvalue weighted by molar-refractivity contribution is -0.152. The molecule has 288 valence electrons. The largest absolute Gasteiger partial charge is 0.463 e. The molecule has 0 aromatic heterocycles. The van der Waals surface area contributed by atoms with E-state index in [0.29, 0.717) is 19.3 Å². The van der Waals surface area contributed by atoms with Crippen molar-refractivity contribution in [3.63, 3.8) is 0 Å². The molecule has 1 unspecified atom stereocenters. The highest BCUT2D eigenvalue weighted by Gasteiger charge is 2.12. The molecule has 0 saturated heterocycles. The first-order chi connectivity index (χ1) is 24.4. The summed E-state index contributed by atoms with van der Waals surface area (Å²) in [4.78, 5) is 35.6. The van der Waals surface area contributed by atoms with E-state index in [1.165, 1.54) is 83.5 Å². The Kier molecular flexibility index (Phi) is 35.9. The third-order valence-corrected chi connectivity index (χ3v) is 9.08. The van der Waals surface area contributed by atoms with Gasteiger partial charge < -0.3 is 14.6 Å². The highest BCUT2D eigenvalue weighted by molar-refractivity contribution is 5.89. The monoisotopic (exact) mass is 701 g/mol. The molecule has 0 aromatic carbocycles. The van der Waals surface area contributed by atoms with Crippen LogP contribution in [0.2, 0.25) is 0 Å². The molecule has 0 heterocycles. The minimum absolute atomic E-state index is 0.147. The van der Waals surface area contributed by atoms with Gasteiger partial charge in [0, 0.05) is 19.3 Å². The lowest BCUT2D eigenvalue weighted by Crippen LogP contribution is -2.25. The highest BCUT2D eigenvalue weighted by atomic mass is 16.6. The number of ketones is 1. The molecule has 0 rings (SSSR count). The molecule has 0 saturated carbocycles. The van der Waals surface area contributed by atoms with Crippen LogP contribution < -0.4 is 0 Å². The van der Waals surface area contributed by atoms with E-state index >= 15 is 0 Å². The number of carbonyl (C=O) groups is 3. The van der Waals surface area contributed by atoms with Gasteiger partial charge >= 0.3 is 11.9 Å². The minimum Gasteiger partial charge on any atom is -0.463 e. The Labute approximate surface area is 307 Å². The van der Waals surface area contributed by atoms with Gasteiger partial charge in [-0.15, -0.1) is 0 Å². The topological polar surface area (TPSA) is 89.9 Å². The van der Waals surface area contributed by atoms with Gasteiger partial charge in [0.15, 0.2) is 5.78 Å². The zero-order valence-corrected chi connectivity index (χ0v) is 32.6. The van der Waals surface area contributed by atoms with E-state index < -0.39 is 6.10 Å². The van der Waals surface area contributed by atoms with E-state index in [-0.39, 0.29) is 37.4 Å². The maximum atomic E-state index is 12.0. The van der Waals surface area contributed by atoms with E-state index in [0.717, 1.165) is 63.7 Å². The molecule has 2 atom stereocenters. The summed E-state index contributed by atoms with van der Waals surface area (Å²) in [5.41, 5.74) is 0. The van der Waals surface area contributed by atoms with Crippen molar-refractivity contribution in [2.45, 2.75) is 194 Å². The van der Waals surface area contributed by atoms with Gasteiger partial charge in [0.05, 0.1) is 0 Å². The molecular formula is C44H76O6. The predicted octanol–water partition coefficient (Wildman–Crippen LogP) is 12.0. The molecule has 0 aliphatic heterocycles.